The van der Waals surface area contributed by atoms with Crippen LogP contribution in [0.1, 0.15) is 25.7 Å². The predicted molar refractivity (Wildman–Crippen MR) is 98.9 cm³/mol. The summed E-state index contributed by atoms with van der Waals surface area (Å²) in [5.41, 5.74) is -0.294. The van der Waals surface area contributed by atoms with Crippen LogP contribution in [0.2, 0.25) is 0 Å². The third-order valence-corrected chi connectivity index (χ3v) is 5.99. The van der Waals surface area contributed by atoms with E-state index in [9.17, 15) is 21.6 Å². The fourth-order valence-electron chi connectivity index (χ4n) is 3.34. The number of pyridine rings is 1. The van der Waals surface area contributed by atoms with Gasteiger partial charge in [0.15, 0.2) is 0 Å². The van der Waals surface area contributed by atoms with Crippen molar-refractivity contribution in [2.75, 3.05) is 31.2 Å². The first-order valence-corrected chi connectivity index (χ1v) is 10.8. The molecule has 3 rings (SSSR count). The van der Waals surface area contributed by atoms with E-state index in [0.717, 1.165) is 31.5 Å². The maximum absolute atomic E-state index is 11.7. The largest absolute Gasteiger partial charge is 0.490 e. The molecule has 12 heteroatoms. The number of aliphatic carboxylic acids is 1. The van der Waals surface area contributed by atoms with Gasteiger partial charge in [-0.3, -0.25) is 0 Å². The van der Waals surface area contributed by atoms with Crippen LogP contribution in [0.25, 0.3) is 0 Å². The molecule has 2 saturated heterocycles. The van der Waals surface area contributed by atoms with E-state index in [1.165, 1.54) is 6.26 Å². The Hall–Kier alpha value is -1.92. The molecule has 1 aromatic rings. The minimum atomic E-state index is -5.08. The molecular weight excluding hydrogens is 415 g/mol. The fourth-order valence-corrected chi connectivity index (χ4v) is 4.24. The SMILES string of the molecule is CS(=O)(=O)N1CC[C@]2(CCC[C@H](CNc3ccccn3)O2)C1.O=C(O)C(F)(F)F. The molecule has 3 heterocycles. The standard InChI is InChI=1S/C15H23N3O3S.C2HF3O2/c1-22(19,20)18-10-8-15(12-18)7-4-5-13(21-15)11-17-14-6-2-3-9-16-14;3-2(4,5)1(6)7/h2-3,6,9,13H,4-5,7-8,10-12H2,1H3,(H,16,17);(H,6,7)/t13-,15-;/m1./s1. The monoisotopic (exact) mass is 439 g/mol. The molecule has 2 aliphatic rings. The molecule has 1 aromatic heterocycles. The highest BCUT2D eigenvalue weighted by Gasteiger charge is 2.45. The Balaban J connectivity index is 0.000000370. The third kappa shape index (κ3) is 7.12. The highest BCUT2D eigenvalue weighted by atomic mass is 32.2. The van der Waals surface area contributed by atoms with E-state index in [1.54, 1.807) is 10.5 Å². The van der Waals surface area contributed by atoms with Gasteiger partial charge in [0.25, 0.3) is 0 Å². The van der Waals surface area contributed by atoms with E-state index in [2.05, 4.69) is 10.3 Å². The normalized spacial score (nSPS) is 25.3. The van der Waals surface area contributed by atoms with Crippen LogP contribution in [0, 0.1) is 0 Å². The average Bonchev–Trinajstić information content (AvgIpc) is 3.04. The van der Waals surface area contributed by atoms with Crippen molar-refractivity contribution in [3.63, 3.8) is 0 Å². The Kier molecular flexibility index (Phi) is 7.46. The Bertz CT molecular complexity index is 791. The maximum Gasteiger partial charge on any atom is 0.490 e. The molecule has 0 bridgehead atoms. The molecule has 2 N–H and O–H groups in total. The molecule has 29 heavy (non-hydrogen) atoms. The quantitative estimate of drug-likeness (QED) is 0.740. The lowest BCUT2D eigenvalue weighted by atomic mass is 9.90. The Morgan fingerprint density at radius 3 is 2.62 bits per heavy atom. The van der Waals surface area contributed by atoms with Crippen molar-refractivity contribution in [2.45, 2.75) is 43.6 Å². The lowest BCUT2D eigenvalue weighted by Crippen LogP contribution is -2.45. The van der Waals surface area contributed by atoms with Crippen LogP contribution >= 0.6 is 0 Å². The first kappa shape index (κ1) is 23.4. The van der Waals surface area contributed by atoms with E-state index in [0.29, 0.717) is 19.6 Å². The van der Waals surface area contributed by atoms with Gasteiger partial charge in [0.1, 0.15) is 5.82 Å². The molecular formula is C17H24F3N3O5S. The number of aromatic nitrogens is 1. The summed E-state index contributed by atoms with van der Waals surface area (Å²) in [4.78, 5) is 13.1. The zero-order valence-electron chi connectivity index (χ0n) is 15.9. The molecule has 2 aliphatic heterocycles. The van der Waals surface area contributed by atoms with Crippen LogP contribution in [-0.4, -0.2) is 72.6 Å². The van der Waals surface area contributed by atoms with Crippen LogP contribution in [0.4, 0.5) is 19.0 Å². The number of alkyl halides is 3. The molecule has 0 unspecified atom stereocenters. The number of carbonyl (C=O) groups is 1. The molecule has 0 amide bonds. The topological polar surface area (TPSA) is 109 Å². The second kappa shape index (κ2) is 9.26. The van der Waals surface area contributed by atoms with Crippen molar-refractivity contribution in [3.05, 3.63) is 24.4 Å². The van der Waals surface area contributed by atoms with Crippen LogP contribution in [0.5, 0.6) is 0 Å². The molecule has 0 saturated carbocycles. The van der Waals surface area contributed by atoms with Crippen LogP contribution < -0.4 is 5.32 Å². The molecule has 1 spiro atoms. The van der Waals surface area contributed by atoms with Crippen molar-refractivity contribution in [1.82, 2.24) is 9.29 Å². The third-order valence-electron chi connectivity index (χ3n) is 4.74. The molecule has 164 valence electrons. The number of sulfonamides is 1. The van der Waals surface area contributed by atoms with Gasteiger partial charge in [-0.25, -0.2) is 18.2 Å². The minimum Gasteiger partial charge on any atom is -0.475 e. The van der Waals surface area contributed by atoms with E-state index in [1.807, 2.05) is 18.2 Å². The van der Waals surface area contributed by atoms with Crippen molar-refractivity contribution in [2.24, 2.45) is 0 Å². The number of carboxylic acid groups (broad SMARTS) is 1. The van der Waals surface area contributed by atoms with Gasteiger partial charge in [-0.1, -0.05) is 6.07 Å². The highest BCUT2D eigenvalue weighted by molar-refractivity contribution is 7.88. The molecule has 0 radical (unpaired) electrons. The van der Waals surface area contributed by atoms with Gasteiger partial charge < -0.3 is 15.2 Å². The van der Waals surface area contributed by atoms with Crippen molar-refractivity contribution < 1.29 is 36.2 Å². The summed E-state index contributed by atoms with van der Waals surface area (Å²) in [6.45, 7) is 1.77. The molecule has 0 aliphatic carbocycles. The van der Waals surface area contributed by atoms with Gasteiger partial charge >= 0.3 is 12.1 Å². The number of rotatable bonds is 4. The smallest absolute Gasteiger partial charge is 0.475 e. The Labute approximate surface area is 167 Å². The average molecular weight is 439 g/mol. The van der Waals surface area contributed by atoms with Gasteiger partial charge in [0.05, 0.1) is 18.0 Å². The fraction of sp³-hybridized carbons (Fsp3) is 0.647. The zero-order valence-corrected chi connectivity index (χ0v) is 16.7. The number of ether oxygens (including phenoxy) is 1. The lowest BCUT2D eigenvalue weighted by molar-refractivity contribution is -0.192. The number of hydrogen-bond acceptors (Lipinski definition) is 6. The summed E-state index contributed by atoms with van der Waals surface area (Å²) in [6.07, 6.45) is 1.86. The first-order chi connectivity index (χ1) is 13.4. The van der Waals surface area contributed by atoms with E-state index in [4.69, 9.17) is 14.6 Å². The summed E-state index contributed by atoms with van der Waals surface area (Å²) in [5.74, 6) is -1.91. The van der Waals surface area contributed by atoms with Gasteiger partial charge in [-0.15, -0.1) is 0 Å². The maximum atomic E-state index is 11.7. The van der Waals surface area contributed by atoms with E-state index in [-0.39, 0.29) is 11.7 Å². The van der Waals surface area contributed by atoms with E-state index >= 15 is 0 Å². The van der Waals surface area contributed by atoms with Crippen molar-refractivity contribution in [1.29, 1.82) is 0 Å². The molecule has 8 nitrogen and oxygen atoms in total. The van der Waals surface area contributed by atoms with Gasteiger partial charge in [-0.2, -0.15) is 17.5 Å². The van der Waals surface area contributed by atoms with Gasteiger partial charge in [0.2, 0.25) is 10.0 Å². The van der Waals surface area contributed by atoms with Crippen LogP contribution in [-0.2, 0) is 19.6 Å². The van der Waals surface area contributed by atoms with Gasteiger partial charge in [-0.05, 0) is 37.8 Å². The molecule has 2 fully saturated rings. The number of hydrogen-bond donors (Lipinski definition) is 2. The van der Waals surface area contributed by atoms with E-state index < -0.39 is 22.2 Å². The van der Waals surface area contributed by atoms with Crippen LogP contribution in [0.15, 0.2) is 24.4 Å². The van der Waals surface area contributed by atoms with Crippen molar-refractivity contribution in [3.8, 4) is 0 Å². The second-order valence-corrected chi connectivity index (χ2v) is 9.04. The zero-order chi connectivity index (χ0) is 21.7. The summed E-state index contributed by atoms with van der Waals surface area (Å²) in [5, 5.41) is 10.4. The summed E-state index contributed by atoms with van der Waals surface area (Å²) < 4.78 is 63.0. The molecule has 2 atom stereocenters. The summed E-state index contributed by atoms with van der Waals surface area (Å²) in [6, 6.07) is 5.76. The minimum absolute atomic E-state index is 0.107. The van der Waals surface area contributed by atoms with Crippen LogP contribution in [0.3, 0.4) is 0 Å². The summed E-state index contributed by atoms with van der Waals surface area (Å²) in [7, 11) is -3.12. The number of halogens is 3. The number of carboxylic acids is 1. The Morgan fingerprint density at radius 1 is 1.41 bits per heavy atom. The lowest BCUT2D eigenvalue weighted by Gasteiger charge is -2.38. The number of anilines is 1. The number of nitrogens with zero attached hydrogens (tertiary/aromatic N) is 2. The predicted octanol–water partition coefficient (Wildman–Crippen LogP) is 2.10. The number of nitrogens with one attached hydrogen (secondary N) is 1. The van der Waals surface area contributed by atoms with Crippen molar-refractivity contribution >= 4 is 21.8 Å². The Morgan fingerprint density at radius 2 is 2.10 bits per heavy atom. The first-order valence-electron chi connectivity index (χ1n) is 8.99. The molecule has 0 aromatic carbocycles. The summed E-state index contributed by atoms with van der Waals surface area (Å²) >= 11 is 0. The highest BCUT2D eigenvalue weighted by Crippen LogP contribution is 2.37. The van der Waals surface area contributed by atoms with Gasteiger partial charge in [0, 0.05) is 25.8 Å². The second-order valence-electron chi connectivity index (χ2n) is 7.06.